The van der Waals surface area contributed by atoms with Crippen LogP contribution in [-0.4, -0.2) is 4.98 Å². The summed E-state index contributed by atoms with van der Waals surface area (Å²) in [7, 11) is 0. The summed E-state index contributed by atoms with van der Waals surface area (Å²) < 4.78 is 11.3. The maximum atomic E-state index is 5.75. The molecule has 0 unspecified atom stereocenters. The number of rotatable bonds is 4. The largest absolute Gasteiger partial charge is 0.461 e. The predicted molar refractivity (Wildman–Crippen MR) is 77.5 cm³/mol. The zero-order valence-electron chi connectivity index (χ0n) is 12.0. The SMILES string of the molecule is Cc1nc(CNCc2c(C)oc3ccccc23)oc1C. The third-order valence-electron chi connectivity index (χ3n) is 3.55. The summed E-state index contributed by atoms with van der Waals surface area (Å²) in [6.45, 7) is 7.24. The molecule has 20 heavy (non-hydrogen) atoms. The lowest BCUT2D eigenvalue weighted by Crippen LogP contribution is -2.13. The van der Waals surface area contributed by atoms with Gasteiger partial charge in [0.05, 0.1) is 12.2 Å². The molecule has 0 amide bonds. The van der Waals surface area contributed by atoms with Gasteiger partial charge in [0.2, 0.25) is 5.89 Å². The Bertz CT molecular complexity index is 721. The molecular weight excluding hydrogens is 252 g/mol. The van der Waals surface area contributed by atoms with Crippen LogP contribution in [0.4, 0.5) is 0 Å². The molecule has 0 saturated heterocycles. The predicted octanol–water partition coefficient (Wildman–Crippen LogP) is 3.64. The second-order valence-electron chi connectivity index (χ2n) is 4.99. The molecule has 0 spiro atoms. The first-order valence-corrected chi connectivity index (χ1v) is 6.76. The van der Waals surface area contributed by atoms with Gasteiger partial charge < -0.3 is 14.2 Å². The van der Waals surface area contributed by atoms with E-state index < -0.39 is 0 Å². The molecule has 0 bridgehead atoms. The van der Waals surface area contributed by atoms with E-state index in [0.717, 1.165) is 40.6 Å². The van der Waals surface area contributed by atoms with E-state index >= 15 is 0 Å². The number of oxazole rings is 1. The fourth-order valence-electron chi connectivity index (χ4n) is 2.35. The lowest BCUT2D eigenvalue weighted by Gasteiger charge is -2.01. The minimum atomic E-state index is 0.619. The number of hydrogen-bond acceptors (Lipinski definition) is 4. The topological polar surface area (TPSA) is 51.2 Å². The highest BCUT2D eigenvalue weighted by atomic mass is 16.4. The van der Waals surface area contributed by atoms with E-state index in [4.69, 9.17) is 8.83 Å². The Morgan fingerprint density at radius 3 is 2.55 bits per heavy atom. The first-order valence-electron chi connectivity index (χ1n) is 6.76. The Morgan fingerprint density at radius 1 is 1.00 bits per heavy atom. The van der Waals surface area contributed by atoms with Gasteiger partial charge in [-0.15, -0.1) is 0 Å². The molecule has 1 N–H and O–H groups in total. The van der Waals surface area contributed by atoms with Crippen molar-refractivity contribution in [2.24, 2.45) is 0 Å². The molecule has 104 valence electrons. The molecule has 2 heterocycles. The van der Waals surface area contributed by atoms with Gasteiger partial charge in [0, 0.05) is 17.5 Å². The number of para-hydroxylation sites is 1. The number of aromatic nitrogens is 1. The molecular formula is C16H18N2O2. The van der Waals surface area contributed by atoms with Crippen LogP contribution in [0.3, 0.4) is 0 Å². The monoisotopic (exact) mass is 270 g/mol. The van der Waals surface area contributed by atoms with E-state index in [1.165, 1.54) is 5.56 Å². The maximum Gasteiger partial charge on any atom is 0.208 e. The van der Waals surface area contributed by atoms with Gasteiger partial charge in [-0.1, -0.05) is 18.2 Å². The summed E-state index contributed by atoms with van der Waals surface area (Å²) in [5.41, 5.74) is 3.08. The van der Waals surface area contributed by atoms with E-state index in [-0.39, 0.29) is 0 Å². The second-order valence-corrected chi connectivity index (χ2v) is 4.99. The van der Waals surface area contributed by atoms with Crippen molar-refractivity contribution in [3.8, 4) is 0 Å². The molecule has 3 aromatic rings. The van der Waals surface area contributed by atoms with E-state index in [9.17, 15) is 0 Å². The highest BCUT2D eigenvalue weighted by molar-refractivity contribution is 5.82. The van der Waals surface area contributed by atoms with Crippen molar-refractivity contribution in [3.05, 3.63) is 52.9 Å². The van der Waals surface area contributed by atoms with Crippen molar-refractivity contribution in [1.29, 1.82) is 0 Å². The maximum absolute atomic E-state index is 5.75. The Kier molecular flexibility index (Phi) is 3.32. The standard InChI is InChI=1S/C16H18N2O2/c1-10-11(2)20-16(18-10)9-17-8-14-12(3)19-15-7-5-4-6-13(14)15/h4-7,17H,8-9H2,1-3H3. The van der Waals surface area contributed by atoms with Gasteiger partial charge in [-0.05, 0) is 26.8 Å². The van der Waals surface area contributed by atoms with E-state index in [1.54, 1.807) is 0 Å². The Balaban J connectivity index is 1.72. The average molecular weight is 270 g/mol. The summed E-state index contributed by atoms with van der Waals surface area (Å²) in [5.74, 6) is 2.57. The lowest BCUT2D eigenvalue weighted by atomic mass is 10.1. The van der Waals surface area contributed by atoms with Gasteiger partial charge in [-0.2, -0.15) is 0 Å². The molecule has 0 fully saturated rings. The summed E-state index contributed by atoms with van der Waals surface area (Å²) in [4.78, 5) is 4.36. The zero-order chi connectivity index (χ0) is 14.1. The lowest BCUT2D eigenvalue weighted by molar-refractivity contribution is 0.447. The number of aryl methyl sites for hydroxylation is 3. The normalized spacial score (nSPS) is 11.3. The van der Waals surface area contributed by atoms with Gasteiger partial charge in [-0.25, -0.2) is 4.98 Å². The van der Waals surface area contributed by atoms with E-state index in [1.807, 2.05) is 39.0 Å². The number of furan rings is 1. The van der Waals surface area contributed by atoms with Gasteiger partial charge >= 0.3 is 0 Å². The van der Waals surface area contributed by atoms with Gasteiger partial charge in [0.1, 0.15) is 17.1 Å². The number of hydrogen-bond donors (Lipinski definition) is 1. The summed E-state index contributed by atoms with van der Waals surface area (Å²) >= 11 is 0. The Hall–Kier alpha value is -2.07. The van der Waals surface area contributed by atoms with Crippen LogP contribution in [0, 0.1) is 20.8 Å². The fraction of sp³-hybridized carbons (Fsp3) is 0.312. The van der Waals surface area contributed by atoms with Crippen molar-refractivity contribution >= 4 is 11.0 Å². The number of nitrogens with one attached hydrogen (secondary N) is 1. The van der Waals surface area contributed by atoms with E-state index in [2.05, 4.69) is 16.4 Å². The minimum Gasteiger partial charge on any atom is -0.461 e. The van der Waals surface area contributed by atoms with Gasteiger partial charge in [0.15, 0.2) is 0 Å². The molecule has 3 rings (SSSR count). The summed E-state index contributed by atoms with van der Waals surface area (Å²) in [6.07, 6.45) is 0. The average Bonchev–Trinajstić information content (AvgIpc) is 2.91. The third kappa shape index (κ3) is 2.34. The van der Waals surface area contributed by atoms with Crippen LogP contribution < -0.4 is 5.32 Å². The number of benzene rings is 1. The molecule has 0 aliphatic rings. The van der Waals surface area contributed by atoms with Crippen LogP contribution in [0.2, 0.25) is 0 Å². The molecule has 0 radical (unpaired) electrons. The number of nitrogens with zero attached hydrogens (tertiary/aromatic N) is 1. The fourth-order valence-corrected chi connectivity index (χ4v) is 2.35. The van der Waals surface area contributed by atoms with Crippen molar-refractivity contribution in [1.82, 2.24) is 10.3 Å². The second kappa shape index (κ2) is 5.13. The van der Waals surface area contributed by atoms with Gasteiger partial charge in [0.25, 0.3) is 0 Å². The molecule has 4 nitrogen and oxygen atoms in total. The molecule has 0 atom stereocenters. The Morgan fingerprint density at radius 2 is 1.80 bits per heavy atom. The first kappa shape index (κ1) is 12.9. The smallest absolute Gasteiger partial charge is 0.208 e. The van der Waals surface area contributed by atoms with Crippen molar-refractivity contribution < 1.29 is 8.83 Å². The van der Waals surface area contributed by atoms with Crippen molar-refractivity contribution in [3.63, 3.8) is 0 Å². The van der Waals surface area contributed by atoms with Crippen LogP contribution in [0.15, 0.2) is 33.1 Å². The van der Waals surface area contributed by atoms with Gasteiger partial charge in [-0.3, -0.25) is 0 Å². The highest BCUT2D eigenvalue weighted by Gasteiger charge is 2.10. The minimum absolute atomic E-state index is 0.619. The first-order chi connectivity index (χ1) is 9.65. The summed E-state index contributed by atoms with van der Waals surface area (Å²) in [5, 5.41) is 4.53. The molecule has 0 saturated carbocycles. The van der Waals surface area contributed by atoms with Crippen LogP contribution in [-0.2, 0) is 13.1 Å². The number of fused-ring (bicyclic) bond motifs is 1. The van der Waals surface area contributed by atoms with Crippen LogP contribution in [0.25, 0.3) is 11.0 Å². The quantitative estimate of drug-likeness (QED) is 0.786. The van der Waals surface area contributed by atoms with Crippen molar-refractivity contribution in [2.75, 3.05) is 0 Å². The Labute approximate surface area is 117 Å². The van der Waals surface area contributed by atoms with Crippen LogP contribution in [0.1, 0.15) is 28.7 Å². The zero-order valence-corrected chi connectivity index (χ0v) is 12.0. The van der Waals surface area contributed by atoms with Crippen LogP contribution >= 0.6 is 0 Å². The molecule has 2 aromatic heterocycles. The van der Waals surface area contributed by atoms with Crippen molar-refractivity contribution in [2.45, 2.75) is 33.9 Å². The summed E-state index contributed by atoms with van der Waals surface area (Å²) in [6, 6.07) is 8.09. The third-order valence-corrected chi connectivity index (χ3v) is 3.55. The molecule has 4 heteroatoms. The highest BCUT2D eigenvalue weighted by Crippen LogP contribution is 2.25. The van der Waals surface area contributed by atoms with E-state index in [0.29, 0.717) is 6.54 Å². The van der Waals surface area contributed by atoms with Crippen LogP contribution in [0.5, 0.6) is 0 Å². The molecule has 0 aliphatic carbocycles. The molecule has 1 aromatic carbocycles. The molecule has 0 aliphatic heterocycles.